The zero-order valence-corrected chi connectivity index (χ0v) is 15.3. The molecule has 0 aliphatic rings. The number of carbonyl (C=O) groups is 1. The topological polar surface area (TPSA) is 47.6 Å². The van der Waals surface area contributed by atoms with Crippen molar-refractivity contribution in [3.63, 3.8) is 0 Å². The molecule has 0 radical (unpaired) electrons. The molecular formula is C19H23NO3S. The van der Waals surface area contributed by atoms with E-state index in [0.29, 0.717) is 23.6 Å². The molecule has 0 bridgehead atoms. The Bertz CT molecular complexity index is 716. The van der Waals surface area contributed by atoms with E-state index in [1.807, 2.05) is 0 Å². The van der Waals surface area contributed by atoms with E-state index in [9.17, 15) is 4.79 Å². The average molecular weight is 345 g/mol. The Labute approximate surface area is 147 Å². The third-order valence-corrected chi connectivity index (χ3v) is 4.75. The van der Waals surface area contributed by atoms with Crippen molar-refractivity contribution >= 4 is 23.4 Å². The Balaban J connectivity index is 1.90. The molecule has 2 aromatic carbocycles. The van der Waals surface area contributed by atoms with Gasteiger partial charge in [-0.1, -0.05) is 6.07 Å². The Morgan fingerprint density at radius 3 is 2.50 bits per heavy atom. The minimum absolute atomic E-state index is 0.0436. The maximum absolute atomic E-state index is 12.2. The number of carbonyl (C=O) groups excluding carboxylic acids is 1. The number of nitrogens with one attached hydrogen (secondary N) is 1. The summed E-state index contributed by atoms with van der Waals surface area (Å²) in [6.45, 7) is 4.19. The third-order valence-electron chi connectivity index (χ3n) is 3.76. The van der Waals surface area contributed by atoms with Crippen LogP contribution in [0.15, 0.2) is 41.3 Å². The van der Waals surface area contributed by atoms with E-state index >= 15 is 0 Å². The van der Waals surface area contributed by atoms with Crippen LogP contribution >= 0.6 is 11.8 Å². The monoisotopic (exact) mass is 345 g/mol. The second-order valence-electron chi connectivity index (χ2n) is 5.46. The Hall–Kier alpha value is -2.14. The van der Waals surface area contributed by atoms with Gasteiger partial charge in [0.05, 0.1) is 19.9 Å². The molecule has 1 amide bonds. The summed E-state index contributed by atoms with van der Waals surface area (Å²) in [6.07, 6.45) is 0.429. The zero-order valence-electron chi connectivity index (χ0n) is 14.5. The molecule has 2 aromatic rings. The van der Waals surface area contributed by atoms with Crippen LogP contribution in [0.5, 0.6) is 11.5 Å². The molecule has 0 aromatic heterocycles. The molecule has 0 unspecified atom stereocenters. The minimum atomic E-state index is -0.0436. The number of aryl methyl sites for hydroxylation is 2. The van der Waals surface area contributed by atoms with Gasteiger partial charge in [-0.2, -0.15) is 0 Å². The molecule has 0 aliphatic heterocycles. The molecule has 128 valence electrons. The molecule has 5 heteroatoms. The van der Waals surface area contributed by atoms with Gasteiger partial charge in [0.15, 0.2) is 0 Å². The normalized spacial score (nSPS) is 10.3. The van der Waals surface area contributed by atoms with Gasteiger partial charge in [0.25, 0.3) is 0 Å². The molecule has 2 rings (SSSR count). The quantitative estimate of drug-likeness (QED) is 0.754. The summed E-state index contributed by atoms with van der Waals surface area (Å²) in [5.74, 6) is 1.97. The van der Waals surface area contributed by atoms with Crippen LogP contribution in [-0.4, -0.2) is 25.9 Å². The van der Waals surface area contributed by atoms with Crippen LogP contribution in [0.2, 0.25) is 0 Å². The lowest BCUT2D eigenvalue weighted by Crippen LogP contribution is -2.13. The number of rotatable bonds is 7. The van der Waals surface area contributed by atoms with Gasteiger partial charge in [0.2, 0.25) is 5.91 Å². The van der Waals surface area contributed by atoms with Gasteiger partial charge in [-0.15, -0.1) is 11.8 Å². The van der Waals surface area contributed by atoms with Crippen LogP contribution in [0.3, 0.4) is 0 Å². The average Bonchev–Trinajstić information content (AvgIpc) is 2.58. The lowest BCUT2D eigenvalue weighted by molar-refractivity contribution is -0.115. The van der Waals surface area contributed by atoms with Gasteiger partial charge in [0, 0.05) is 23.1 Å². The minimum Gasteiger partial charge on any atom is -0.497 e. The maximum Gasteiger partial charge on any atom is 0.225 e. The van der Waals surface area contributed by atoms with E-state index in [1.54, 1.807) is 44.2 Å². The highest BCUT2D eigenvalue weighted by atomic mass is 32.2. The summed E-state index contributed by atoms with van der Waals surface area (Å²) >= 11 is 1.68. The fourth-order valence-corrected chi connectivity index (χ4v) is 3.14. The van der Waals surface area contributed by atoms with Crippen molar-refractivity contribution in [2.75, 3.05) is 25.3 Å². The fourth-order valence-electron chi connectivity index (χ4n) is 2.19. The predicted molar refractivity (Wildman–Crippen MR) is 99.4 cm³/mol. The van der Waals surface area contributed by atoms with Crippen LogP contribution in [-0.2, 0) is 4.79 Å². The van der Waals surface area contributed by atoms with Gasteiger partial charge in [-0.05, 0) is 49.2 Å². The van der Waals surface area contributed by atoms with E-state index in [1.165, 1.54) is 16.0 Å². The van der Waals surface area contributed by atoms with Crippen molar-refractivity contribution in [2.45, 2.75) is 25.2 Å². The number of ether oxygens (including phenoxy) is 2. The van der Waals surface area contributed by atoms with Gasteiger partial charge < -0.3 is 14.8 Å². The second-order valence-corrected chi connectivity index (χ2v) is 6.63. The highest BCUT2D eigenvalue weighted by Gasteiger charge is 2.09. The SMILES string of the molecule is COc1ccc(OC)c(NC(=O)CCSc2ccc(C)c(C)c2)c1. The van der Waals surface area contributed by atoms with Crippen LogP contribution in [0.4, 0.5) is 5.69 Å². The Morgan fingerprint density at radius 2 is 1.83 bits per heavy atom. The first-order valence-electron chi connectivity index (χ1n) is 7.75. The van der Waals surface area contributed by atoms with Crippen molar-refractivity contribution in [3.8, 4) is 11.5 Å². The summed E-state index contributed by atoms with van der Waals surface area (Å²) < 4.78 is 10.5. The number of hydrogen-bond donors (Lipinski definition) is 1. The van der Waals surface area contributed by atoms with Gasteiger partial charge in [-0.25, -0.2) is 0 Å². The number of anilines is 1. The van der Waals surface area contributed by atoms with E-state index in [-0.39, 0.29) is 5.91 Å². The number of thioether (sulfide) groups is 1. The van der Waals surface area contributed by atoms with E-state index in [4.69, 9.17) is 9.47 Å². The fraction of sp³-hybridized carbons (Fsp3) is 0.316. The van der Waals surface area contributed by atoms with Crippen LogP contribution in [0.25, 0.3) is 0 Å². The van der Waals surface area contributed by atoms with E-state index in [0.717, 1.165) is 5.75 Å². The summed E-state index contributed by atoms with van der Waals surface area (Å²) in [4.78, 5) is 13.4. The van der Waals surface area contributed by atoms with Crippen molar-refractivity contribution in [1.29, 1.82) is 0 Å². The van der Waals surface area contributed by atoms with Gasteiger partial charge in [-0.3, -0.25) is 4.79 Å². The molecule has 1 N–H and O–H groups in total. The zero-order chi connectivity index (χ0) is 17.5. The Kier molecular flexibility index (Phi) is 6.55. The van der Waals surface area contributed by atoms with Gasteiger partial charge >= 0.3 is 0 Å². The van der Waals surface area contributed by atoms with Gasteiger partial charge in [0.1, 0.15) is 11.5 Å². The lowest BCUT2D eigenvalue weighted by Gasteiger charge is -2.11. The highest BCUT2D eigenvalue weighted by Crippen LogP contribution is 2.29. The first-order valence-corrected chi connectivity index (χ1v) is 8.74. The standard InChI is InChI=1S/C19H23NO3S/c1-13-5-7-16(11-14(13)2)24-10-9-19(21)20-17-12-15(22-3)6-8-18(17)23-4/h5-8,11-12H,9-10H2,1-4H3,(H,20,21). The van der Waals surface area contributed by atoms with Crippen molar-refractivity contribution in [2.24, 2.45) is 0 Å². The molecule has 4 nitrogen and oxygen atoms in total. The van der Waals surface area contributed by atoms with Crippen molar-refractivity contribution < 1.29 is 14.3 Å². The molecule has 0 heterocycles. The molecule has 0 atom stereocenters. The molecule has 0 aliphatic carbocycles. The van der Waals surface area contributed by atoms with E-state index < -0.39 is 0 Å². The summed E-state index contributed by atoms with van der Waals surface area (Å²) in [7, 11) is 3.17. The molecular weight excluding hydrogens is 322 g/mol. The first kappa shape index (κ1) is 18.2. The molecule has 0 saturated carbocycles. The van der Waals surface area contributed by atoms with E-state index in [2.05, 4.69) is 37.4 Å². The smallest absolute Gasteiger partial charge is 0.225 e. The molecule has 24 heavy (non-hydrogen) atoms. The highest BCUT2D eigenvalue weighted by molar-refractivity contribution is 7.99. The molecule has 0 spiro atoms. The van der Waals surface area contributed by atoms with Crippen LogP contribution < -0.4 is 14.8 Å². The van der Waals surface area contributed by atoms with Crippen molar-refractivity contribution in [3.05, 3.63) is 47.5 Å². The molecule has 0 saturated heterocycles. The lowest BCUT2D eigenvalue weighted by atomic mass is 10.1. The maximum atomic E-state index is 12.2. The summed E-state index contributed by atoms with van der Waals surface area (Å²) in [5, 5.41) is 2.89. The first-order chi connectivity index (χ1) is 11.5. The Morgan fingerprint density at radius 1 is 1.04 bits per heavy atom. The van der Waals surface area contributed by atoms with Crippen molar-refractivity contribution in [1.82, 2.24) is 0 Å². The largest absolute Gasteiger partial charge is 0.497 e. The third kappa shape index (κ3) is 4.93. The number of amides is 1. The summed E-state index contributed by atoms with van der Waals surface area (Å²) in [6, 6.07) is 11.7. The number of methoxy groups -OCH3 is 2. The second kappa shape index (κ2) is 8.64. The molecule has 0 fully saturated rings. The van der Waals surface area contributed by atoms with Crippen LogP contribution in [0, 0.1) is 13.8 Å². The summed E-state index contributed by atoms with van der Waals surface area (Å²) in [5.41, 5.74) is 3.17. The number of hydrogen-bond acceptors (Lipinski definition) is 4. The predicted octanol–water partition coefficient (Wildman–Crippen LogP) is 4.44. The number of benzene rings is 2. The van der Waals surface area contributed by atoms with Crippen LogP contribution in [0.1, 0.15) is 17.5 Å².